The lowest BCUT2D eigenvalue weighted by atomic mass is 10.1. The summed E-state index contributed by atoms with van der Waals surface area (Å²) in [6.07, 6.45) is 3.95. The van der Waals surface area contributed by atoms with Gasteiger partial charge in [-0.15, -0.1) is 0 Å². The molecule has 1 aromatic carbocycles. The monoisotopic (exact) mass is 330 g/mol. The SMILES string of the molecule is O=C(N[C@@H]1C[C@H]1c1ccc2c(c1)OCCO2)c1ccncc1Cl. The molecule has 118 valence electrons. The van der Waals surface area contributed by atoms with Gasteiger partial charge in [-0.25, -0.2) is 0 Å². The van der Waals surface area contributed by atoms with Crippen molar-refractivity contribution in [2.75, 3.05) is 13.2 Å². The molecule has 0 bridgehead atoms. The Balaban J connectivity index is 1.44. The number of carbonyl (C=O) groups is 1. The van der Waals surface area contributed by atoms with Crippen molar-refractivity contribution in [1.82, 2.24) is 10.3 Å². The number of fused-ring (bicyclic) bond motifs is 1. The minimum atomic E-state index is -0.164. The van der Waals surface area contributed by atoms with Crippen LogP contribution in [0.5, 0.6) is 11.5 Å². The third-order valence-electron chi connectivity index (χ3n) is 4.12. The summed E-state index contributed by atoms with van der Waals surface area (Å²) >= 11 is 6.00. The van der Waals surface area contributed by atoms with Crippen molar-refractivity contribution < 1.29 is 14.3 Å². The molecule has 23 heavy (non-hydrogen) atoms. The Morgan fingerprint density at radius 2 is 2.04 bits per heavy atom. The van der Waals surface area contributed by atoms with Gasteiger partial charge in [-0.3, -0.25) is 9.78 Å². The van der Waals surface area contributed by atoms with Crippen LogP contribution >= 0.6 is 11.6 Å². The van der Waals surface area contributed by atoms with E-state index in [-0.39, 0.29) is 11.9 Å². The number of amides is 1. The molecule has 0 spiro atoms. The standard InChI is InChI=1S/C17H15ClN2O3/c18-13-9-19-4-3-11(13)17(21)20-14-8-12(14)10-1-2-15-16(7-10)23-6-5-22-15/h1-4,7,9,12,14H,5-6,8H2,(H,20,21)/t12-,14+/m0/s1. The van der Waals surface area contributed by atoms with Gasteiger partial charge in [0.15, 0.2) is 11.5 Å². The van der Waals surface area contributed by atoms with Crippen molar-refractivity contribution in [2.24, 2.45) is 0 Å². The van der Waals surface area contributed by atoms with Crippen LogP contribution in [0.3, 0.4) is 0 Å². The molecular formula is C17H15ClN2O3. The van der Waals surface area contributed by atoms with Crippen molar-refractivity contribution in [3.05, 3.63) is 52.8 Å². The maximum absolute atomic E-state index is 12.3. The van der Waals surface area contributed by atoms with Gasteiger partial charge in [-0.1, -0.05) is 17.7 Å². The summed E-state index contributed by atoms with van der Waals surface area (Å²) < 4.78 is 11.1. The van der Waals surface area contributed by atoms with E-state index in [1.54, 1.807) is 12.3 Å². The second-order valence-electron chi connectivity index (χ2n) is 5.68. The lowest BCUT2D eigenvalue weighted by Gasteiger charge is -2.18. The molecule has 0 unspecified atom stereocenters. The average molecular weight is 331 g/mol. The lowest BCUT2D eigenvalue weighted by Crippen LogP contribution is -2.26. The summed E-state index contributed by atoms with van der Waals surface area (Å²) in [7, 11) is 0. The minimum Gasteiger partial charge on any atom is -0.486 e. The molecule has 1 amide bonds. The highest BCUT2D eigenvalue weighted by atomic mass is 35.5. The number of carbonyl (C=O) groups excluding carboxylic acids is 1. The first-order valence-corrected chi connectivity index (χ1v) is 7.90. The Bertz CT molecular complexity index is 765. The second kappa shape index (κ2) is 5.74. The molecule has 6 heteroatoms. The zero-order valence-corrected chi connectivity index (χ0v) is 13.0. The normalized spacial score (nSPS) is 21.6. The van der Waals surface area contributed by atoms with E-state index in [9.17, 15) is 4.79 Å². The van der Waals surface area contributed by atoms with Gasteiger partial charge in [0.05, 0.1) is 10.6 Å². The molecule has 2 heterocycles. The zero-order chi connectivity index (χ0) is 15.8. The van der Waals surface area contributed by atoms with Crippen LogP contribution in [0.4, 0.5) is 0 Å². The number of benzene rings is 1. The van der Waals surface area contributed by atoms with Gasteiger partial charge in [0, 0.05) is 24.4 Å². The highest BCUT2D eigenvalue weighted by molar-refractivity contribution is 6.33. The topological polar surface area (TPSA) is 60.5 Å². The van der Waals surface area contributed by atoms with Crippen molar-refractivity contribution in [2.45, 2.75) is 18.4 Å². The number of hydrogen-bond acceptors (Lipinski definition) is 4. The molecular weight excluding hydrogens is 316 g/mol. The number of nitrogens with one attached hydrogen (secondary N) is 1. The quantitative estimate of drug-likeness (QED) is 0.940. The van der Waals surface area contributed by atoms with Crippen molar-refractivity contribution in [3.8, 4) is 11.5 Å². The maximum atomic E-state index is 12.3. The predicted octanol–water partition coefficient (Wildman–Crippen LogP) is 2.79. The molecule has 0 saturated heterocycles. The summed E-state index contributed by atoms with van der Waals surface area (Å²) in [5, 5.41) is 3.38. The fourth-order valence-electron chi connectivity index (χ4n) is 2.82. The third kappa shape index (κ3) is 2.84. The molecule has 1 aliphatic heterocycles. The summed E-state index contributed by atoms with van der Waals surface area (Å²) in [4.78, 5) is 16.1. The Hall–Kier alpha value is -2.27. The molecule has 0 radical (unpaired) electrons. The van der Waals surface area contributed by atoms with Gasteiger partial charge in [-0.05, 0) is 30.2 Å². The van der Waals surface area contributed by atoms with Gasteiger partial charge in [0.25, 0.3) is 5.91 Å². The number of hydrogen-bond donors (Lipinski definition) is 1. The minimum absolute atomic E-state index is 0.120. The van der Waals surface area contributed by atoms with E-state index in [1.165, 1.54) is 6.20 Å². The van der Waals surface area contributed by atoms with Gasteiger partial charge < -0.3 is 14.8 Å². The van der Waals surface area contributed by atoms with E-state index in [2.05, 4.69) is 10.3 Å². The van der Waals surface area contributed by atoms with E-state index < -0.39 is 0 Å². The Labute approximate surface area is 138 Å². The van der Waals surface area contributed by atoms with Gasteiger partial charge in [0.1, 0.15) is 13.2 Å². The van der Waals surface area contributed by atoms with E-state index in [0.717, 1.165) is 23.5 Å². The molecule has 2 atom stereocenters. The first-order valence-electron chi connectivity index (χ1n) is 7.52. The highest BCUT2D eigenvalue weighted by Crippen LogP contribution is 2.44. The Kier molecular flexibility index (Phi) is 3.58. The summed E-state index contributed by atoms with van der Waals surface area (Å²) in [5.41, 5.74) is 1.61. The fraction of sp³-hybridized carbons (Fsp3) is 0.294. The van der Waals surface area contributed by atoms with Crippen LogP contribution in [0.25, 0.3) is 0 Å². The first-order chi connectivity index (χ1) is 11.2. The Morgan fingerprint density at radius 1 is 1.22 bits per heavy atom. The molecule has 4 rings (SSSR count). The van der Waals surface area contributed by atoms with E-state index >= 15 is 0 Å². The van der Waals surface area contributed by atoms with Crippen LogP contribution in [0.15, 0.2) is 36.7 Å². The van der Waals surface area contributed by atoms with Gasteiger partial charge >= 0.3 is 0 Å². The molecule has 1 aromatic heterocycles. The number of pyridine rings is 1. The summed E-state index contributed by atoms with van der Waals surface area (Å²) in [5.74, 6) is 1.70. The van der Waals surface area contributed by atoms with E-state index in [1.807, 2.05) is 18.2 Å². The van der Waals surface area contributed by atoms with Crippen molar-refractivity contribution in [3.63, 3.8) is 0 Å². The highest BCUT2D eigenvalue weighted by Gasteiger charge is 2.40. The van der Waals surface area contributed by atoms with Crippen molar-refractivity contribution in [1.29, 1.82) is 0 Å². The van der Waals surface area contributed by atoms with Crippen molar-refractivity contribution >= 4 is 17.5 Å². The number of rotatable bonds is 3. The lowest BCUT2D eigenvalue weighted by molar-refractivity contribution is 0.0950. The van der Waals surface area contributed by atoms with Crippen LogP contribution in [0.1, 0.15) is 28.3 Å². The molecule has 1 aliphatic carbocycles. The second-order valence-corrected chi connectivity index (χ2v) is 6.09. The number of ether oxygens (including phenoxy) is 2. The Morgan fingerprint density at radius 3 is 2.87 bits per heavy atom. The number of halogens is 1. The van der Waals surface area contributed by atoms with Crippen LogP contribution in [-0.4, -0.2) is 30.1 Å². The molecule has 2 aliphatic rings. The van der Waals surface area contributed by atoms with Gasteiger partial charge in [0.2, 0.25) is 0 Å². The van der Waals surface area contributed by atoms with Crippen LogP contribution < -0.4 is 14.8 Å². The summed E-state index contributed by atoms with van der Waals surface area (Å²) in [6.45, 7) is 1.16. The first kappa shape index (κ1) is 14.3. The molecule has 1 fully saturated rings. The third-order valence-corrected chi connectivity index (χ3v) is 4.42. The predicted molar refractivity (Wildman–Crippen MR) is 85.3 cm³/mol. The number of aromatic nitrogens is 1. The van der Waals surface area contributed by atoms with Crippen LogP contribution in [0.2, 0.25) is 5.02 Å². The maximum Gasteiger partial charge on any atom is 0.253 e. The van der Waals surface area contributed by atoms with Crippen LogP contribution in [0, 0.1) is 0 Å². The fourth-order valence-corrected chi connectivity index (χ4v) is 3.02. The van der Waals surface area contributed by atoms with Gasteiger partial charge in [-0.2, -0.15) is 0 Å². The molecule has 5 nitrogen and oxygen atoms in total. The summed E-state index contributed by atoms with van der Waals surface area (Å²) in [6, 6.07) is 7.71. The van der Waals surface area contributed by atoms with E-state index in [4.69, 9.17) is 21.1 Å². The van der Waals surface area contributed by atoms with E-state index in [0.29, 0.717) is 29.7 Å². The van der Waals surface area contributed by atoms with Crippen LogP contribution in [-0.2, 0) is 0 Å². The smallest absolute Gasteiger partial charge is 0.253 e. The molecule has 1 saturated carbocycles. The number of nitrogens with zero attached hydrogens (tertiary/aromatic N) is 1. The average Bonchev–Trinajstić information content (AvgIpc) is 3.34. The largest absolute Gasteiger partial charge is 0.486 e. The zero-order valence-electron chi connectivity index (χ0n) is 12.3. The molecule has 1 N–H and O–H groups in total. The molecule has 2 aromatic rings.